The summed E-state index contributed by atoms with van der Waals surface area (Å²) < 4.78 is 34.9. The molecule has 0 aromatic heterocycles. The molecule has 3 saturated carbocycles. The van der Waals surface area contributed by atoms with Crippen molar-refractivity contribution < 1.29 is 13.5 Å². The summed E-state index contributed by atoms with van der Waals surface area (Å²) in [5, 5.41) is 0. The second-order valence-corrected chi connectivity index (χ2v) is 13.8. The van der Waals surface area contributed by atoms with E-state index >= 15 is 0 Å². The van der Waals surface area contributed by atoms with Crippen molar-refractivity contribution in [2.45, 2.75) is 110 Å². The maximum absolute atomic E-state index is 14.8. The third-order valence-corrected chi connectivity index (χ3v) is 11.0. The molecule has 0 amide bonds. The van der Waals surface area contributed by atoms with Crippen molar-refractivity contribution in [3.8, 4) is 16.9 Å². The third-order valence-electron chi connectivity index (χ3n) is 11.0. The maximum Gasteiger partial charge on any atom is 0.201 e. The van der Waals surface area contributed by atoms with Gasteiger partial charge in [0.1, 0.15) is 0 Å². The fraction of sp³-hybridized carbons (Fsp3) is 0.600. The number of ether oxygens (including phenoxy) is 1. The fourth-order valence-electron chi connectivity index (χ4n) is 8.44. The van der Waals surface area contributed by atoms with Gasteiger partial charge in [0.25, 0.3) is 0 Å². The Hall–Kier alpha value is -2.42. The Morgan fingerprint density at radius 1 is 0.721 bits per heavy atom. The number of hydrogen-bond acceptors (Lipinski definition) is 1. The molecule has 0 bridgehead atoms. The number of allylic oxidation sites excluding steroid dienone is 4. The molecular weight excluding hydrogens is 534 g/mol. The third kappa shape index (κ3) is 8.61. The van der Waals surface area contributed by atoms with Gasteiger partial charge in [-0.1, -0.05) is 68.3 Å². The molecule has 2 aromatic rings. The van der Waals surface area contributed by atoms with Gasteiger partial charge in [0.05, 0.1) is 6.61 Å². The van der Waals surface area contributed by atoms with Crippen LogP contribution in [0.4, 0.5) is 8.78 Å². The summed E-state index contributed by atoms with van der Waals surface area (Å²) in [6.45, 7) is 4.69. The highest BCUT2D eigenvalue weighted by atomic mass is 19.2. The van der Waals surface area contributed by atoms with E-state index in [2.05, 4.69) is 38.2 Å². The molecule has 4 atom stereocenters. The summed E-state index contributed by atoms with van der Waals surface area (Å²) in [5.41, 5.74) is 2.20. The molecule has 0 saturated heterocycles. The maximum atomic E-state index is 14.8. The Labute approximate surface area is 260 Å². The molecule has 1 nitrogen and oxygen atoms in total. The predicted octanol–water partition coefficient (Wildman–Crippen LogP) is 11.9. The van der Waals surface area contributed by atoms with E-state index in [4.69, 9.17) is 4.74 Å². The summed E-state index contributed by atoms with van der Waals surface area (Å²) in [5.74, 6) is 3.81. The molecule has 0 heterocycles. The van der Waals surface area contributed by atoms with Crippen molar-refractivity contribution in [1.29, 1.82) is 0 Å². The average Bonchev–Trinajstić information content (AvgIpc) is 3.04. The van der Waals surface area contributed by atoms with Crippen molar-refractivity contribution in [3.05, 3.63) is 77.9 Å². The number of rotatable bonds is 12. The summed E-state index contributed by atoms with van der Waals surface area (Å²) in [7, 11) is 0. The molecule has 0 radical (unpaired) electrons. The van der Waals surface area contributed by atoms with Gasteiger partial charge in [-0.25, -0.2) is 4.39 Å². The summed E-state index contributed by atoms with van der Waals surface area (Å²) in [6.07, 6.45) is 28.9. The Bertz CT molecular complexity index is 1190. The first-order valence-corrected chi connectivity index (χ1v) is 17.5. The topological polar surface area (TPSA) is 9.23 Å². The van der Waals surface area contributed by atoms with Crippen LogP contribution in [0.1, 0.15) is 109 Å². The molecule has 0 spiro atoms. The lowest BCUT2D eigenvalue weighted by molar-refractivity contribution is 0.0705. The second kappa shape index (κ2) is 16.1. The first-order valence-electron chi connectivity index (χ1n) is 17.5. The van der Waals surface area contributed by atoms with E-state index in [-0.39, 0.29) is 11.3 Å². The molecular formula is C40H54F2O. The van der Waals surface area contributed by atoms with Crippen LogP contribution in [0.5, 0.6) is 5.75 Å². The molecule has 3 heteroatoms. The molecule has 234 valence electrons. The van der Waals surface area contributed by atoms with Crippen LogP contribution < -0.4 is 4.74 Å². The predicted molar refractivity (Wildman–Crippen MR) is 176 cm³/mol. The quantitative estimate of drug-likeness (QED) is 0.177. The lowest BCUT2D eigenvalue weighted by atomic mass is 9.61. The van der Waals surface area contributed by atoms with E-state index in [1.807, 2.05) is 24.3 Å². The zero-order valence-corrected chi connectivity index (χ0v) is 26.7. The summed E-state index contributed by atoms with van der Waals surface area (Å²) >= 11 is 0. The number of unbranched alkanes of at least 4 members (excludes halogenated alkanes) is 2. The highest BCUT2D eigenvalue weighted by Crippen LogP contribution is 2.49. The Morgan fingerprint density at radius 3 is 2.14 bits per heavy atom. The molecule has 3 aliphatic rings. The first-order chi connectivity index (χ1) is 21.1. The molecule has 0 N–H and O–H groups in total. The summed E-state index contributed by atoms with van der Waals surface area (Å²) in [6, 6.07) is 11.1. The van der Waals surface area contributed by atoms with Gasteiger partial charge in [-0.2, -0.15) is 4.39 Å². The van der Waals surface area contributed by atoms with E-state index in [0.29, 0.717) is 12.2 Å². The molecule has 4 unspecified atom stereocenters. The van der Waals surface area contributed by atoms with Crippen molar-refractivity contribution in [1.82, 2.24) is 0 Å². The Balaban J connectivity index is 1.03. The van der Waals surface area contributed by atoms with E-state index in [0.717, 1.165) is 67.6 Å². The largest absolute Gasteiger partial charge is 0.490 e. The van der Waals surface area contributed by atoms with Crippen molar-refractivity contribution >= 4 is 0 Å². The zero-order valence-electron chi connectivity index (χ0n) is 26.7. The molecule has 0 aliphatic heterocycles. The van der Waals surface area contributed by atoms with Gasteiger partial charge in [0, 0.05) is 5.56 Å². The number of hydrogen-bond donors (Lipinski definition) is 0. The van der Waals surface area contributed by atoms with Crippen LogP contribution in [-0.2, 0) is 6.42 Å². The van der Waals surface area contributed by atoms with Crippen LogP contribution >= 0.6 is 0 Å². The minimum Gasteiger partial charge on any atom is -0.490 e. The van der Waals surface area contributed by atoms with Crippen LogP contribution in [0.2, 0.25) is 0 Å². The molecule has 2 aromatic carbocycles. The van der Waals surface area contributed by atoms with Gasteiger partial charge in [0.15, 0.2) is 11.6 Å². The minimum absolute atomic E-state index is 0.000638. The van der Waals surface area contributed by atoms with E-state index in [1.54, 1.807) is 12.1 Å². The van der Waals surface area contributed by atoms with E-state index in [9.17, 15) is 8.78 Å². The lowest BCUT2D eigenvalue weighted by Gasteiger charge is -2.45. The van der Waals surface area contributed by atoms with Crippen molar-refractivity contribution in [2.24, 2.45) is 35.5 Å². The number of benzene rings is 2. The smallest absolute Gasteiger partial charge is 0.201 e. The molecule has 3 aliphatic carbocycles. The second-order valence-electron chi connectivity index (χ2n) is 13.8. The van der Waals surface area contributed by atoms with Gasteiger partial charge < -0.3 is 4.74 Å². The van der Waals surface area contributed by atoms with Crippen LogP contribution in [0.3, 0.4) is 0 Å². The van der Waals surface area contributed by atoms with Gasteiger partial charge in [-0.15, -0.1) is 0 Å². The van der Waals surface area contributed by atoms with Gasteiger partial charge in [-0.05, 0) is 149 Å². The monoisotopic (exact) mass is 588 g/mol. The Kier molecular flexibility index (Phi) is 11.9. The van der Waals surface area contributed by atoms with Gasteiger partial charge in [-0.3, -0.25) is 0 Å². The van der Waals surface area contributed by atoms with Crippen molar-refractivity contribution in [2.75, 3.05) is 6.61 Å². The van der Waals surface area contributed by atoms with Crippen molar-refractivity contribution in [3.63, 3.8) is 0 Å². The van der Waals surface area contributed by atoms with Crippen LogP contribution in [0, 0.1) is 47.1 Å². The standard InChI is InChI=1S/C40H54F2O/c1-3-5-8-26-43-38-25-24-37(39(41)40(38)42)33-19-14-30(15-20-33)11-7-6-10-29-12-17-32(18-13-29)35-23-22-34-27-31(9-4-2)16-21-36(34)28-35/h4,6,9-10,14-15,19-20,24-25,29,31-32,34-36H,3,5,7-8,11-13,16-18,21-23,26-28H2,1-2H3/b9-4+,10-6+. The highest BCUT2D eigenvalue weighted by molar-refractivity contribution is 5.65. The number of halogens is 2. The van der Waals surface area contributed by atoms with Crippen LogP contribution in [0.25, 0.3) is 11.1 Å². The normalized spacial score (nSPS) is 27.9. The van der Waals surface area contributed by atoms with Gasteiger partial charge in [0.2, 0.25) is 5.82 Å². The number of fused-ring (bicyclic) bond motifs is 1. The fourth-order valence-corrected chi connectivity index (χ4v) is 8.44. The van der Waals surface area contributed by atoms with E-state index < -0.39 is 11.6 Å². The zero-order chi connectivity index (χ0) is 30.0. The molecule has 43 heavy (non-hydrogen) atoms. The summed E-state index contributed by atoms with van der Waals surface area (Å²) in [4.78, 5) is 0. The van der Waals surface area contributed by atoms with E-state index in [1.165, 1.54) is 69.8 Å². The van der Waals surface area contributed by atoms with Gasteiger partial charge >= 0.3 is 0 Å². The molecule has 3 fully saturated rings. The molecule has 5 rings (SSSR count). The lowest BCUT2D eigenvalue weighted by Crippen LogP contribution is -2.34. The Morgan fingerprint density at radius 2 is 1.40 bits per heavy atom. The highest BCUT2D eigenvalue weighted by Gasteiger charge is 2.38. The number of aryl methyl sites for hydroxylation is 1. The van der Waals surface area contributed by atoms with Crippen LogP contribution in [0.15, 0.2) is 60.7 Å². The average molecular weight is 589 g/mol. The SMILES string of the molecule is C/C=C/C1CCC2CC(C3CCC(/C=C/CCc4ccc(-c5ccc(OCCCCC)c(F)c5F)cc4)CC3)CCC2C1. The minimum atomic E-state index is -0.896. The first kappa shape index (κ1) is 32.0. The van der Waals surface area contributed by atoms with Crippen LogP contribution in [-0.4, -0.2) is 6.61 Å².